The molecule has 0 spiro atoms. The number of nitrogens with one attached hydrogen (secondary N) is 1. The largest absolute Gasteiger partial charge is 0.454 e. The van der Waals surface area contributed by atoms with E-state index in [0.29, 0.717) is 22.8 Å². The summed E-state index contributed by atoms with van der Waals surface area (Å²) in [6.07, 6.45) is 3.08. The van der Waals surface area contributed by atoms with Crippen molar-refractivity contribution in [3.05, 3.63) is 64.7 Å². The molecule has 31 heavy (non-hydrogen) atoms. The molecule has 1 N–H and O–H groups in total. The molecule has 0 aromatic heterocycles. The Bertz CT molecular complexity index is 951. The van der Waals surface area contributed by atoms with Crippen LogP contribution in [0.3, 0.4) is 0 Å². The van der Waals surface area contributed by atoms with Crippen molar-refractivity contribution in [2.24, 2.45) is 0 Å². The van der Waals surface area contributed by atoms with Crippen LogP contribution in [0.4, 0.5) is 5.69 Å². The first-order valence-electron chi connectivity index (χ1n) is 10.0. The number of hydrogen-bond acceptors (Lipinski definition) is 5. The van der Waals surface area contributed by atoms with Crippen LogP contribution in [0.25, 0.3) is 0 Å². The van der Waals surface area contributed by atoms with Gasteiger partial charge < -0.3 is 15.0 Å². The van der Waals surface area contributed by atoms with Crippen LogP contribution in [0.1, 0.15) is 29.3 Å². The van der Waals surface area contributed by atoms with Gasteiger partial charge in [0, 0.05) is 22.3 Å². The van der Waals surface area contributed by atoms with Crippen molar-refractivity contribution in [2.75, 3.05) is 23.5 Å². The number of amides is 2. The maximum atomic E-state index is 12.8. The van der Waals surface area contributed by atoms with Crippen molar-refractivity contribution < 1.29 is 19.1 Å². The summed E-state index contributed by atoms with van der Waals surface area (Å²) >= 11 is 7.42. The number of nitrogens with zero attached hydrogens (tertiary/aromatic N) is 1. The topological polar surface area (TPSA) is 75.7 Å². The number of esters is 1. The molecule has 8 heteroatoms. The van der Waals surface area contributed by atoms with Gasteiger partial charge in [0.1, 0.15) is 6.04 Å². The second kappa shape index (κ2) is 10.7. The standard InChI is InChI=1S/C23H25ClN2O4S/c1-15-13-17-5-3-4-6-20(17)26(15)21(27)14-30-23(29)19(11-12-31-2)25-22(28)16-7-9-18(24)10-8-16/h3-10,15,19H,11-14H2,1-2H3,(H,25,28)/t15-,19+/m0/s1. The van der Waals surface area contributed by atoms with Crippen molar-refractivity contribution in [2.45, 2.75) is 31.8 Å². The van der Waals surface area contributed by atoms with Gasteiger partial charge in [-0.15, -0.1) is 0 Å². The van der Waals surface area contributed by atoms with E-state index in [0.717, 1.165) is 17.7 Å². The van der Waals surface area contributed by atoms with E-state index in [1.165, 1.54) is 0 Å². The van der Waals surface area contributed by atoms with E-state index in [9.17, 15) is 14.4 Å². The summed E-state index contributed by atoms with van der Waals surface area (Å²) in [5.41, 5.74) is 2.35. The summed E-state index contributed by atoms with van der Waals surface area (Å²) in [4.78, 5) is 39.6. The molecule has 2 amide bonds. The predicted octanol–water partition coefficient (Wildman–Crippen LogP) is 3.71. The summed E-state index contributed by atoms with van der Waals surface area (Å²) in [5.74, 6) is -0.637. The molecule has 2 aromatic carbocycles. The van der Waals surface area contributed by atoms with Gasteiger partial charge in [-0.1, -0.05) is 29.8 Å². The van der Waals surface area contributed by atoms with Gasteiger partial charge in [0.05, 0.1) is 0 Å². The van der Waals surface area contributed by atoms with Gasteiger partial charge in [0.2, 0.25) is 0 Å². The van der Waals surface area contributed by atoms with Crippen molar-refractivity contribution in [1.29, 1.82) is 0 Å². The number of ether oxygens (including phenoxy) is 1. The van der Waals surface area contributed by atoms with Crippen LogP contribution in [-0.2, 0) is 20.7 Å². The van der Waals surface area contributed by atoms with E-state index in [-0.39, 0.29) is 18.6 Å². The molecule has 0 radical (unpaired) electrons. The van der Waals surface area contributed by atoms with Gasteiger partial charge in [-0.05, 0) is 67.7 Å². The zero-order valence-corrected chi connectivity index (χ0v) is 19.0. The summed E-state index contributed by atoms with van der Waals surface area (Å²) in [7, 11) is 0. The van der Waals surface area contributed by atoms with Crippen LogP contribution in [0.15, 0.2) is 48.5 Å². The highest BCUT2D eigenvalue weighted by Crippen LogP contribution is 2.31. The average molecular weight is 461 g/mol. The third-order valence-electron chi connectivity index (χ3n) is 5.12. The fourth-order valence-electron chi connectivity index (χ4n) is 3.58. The molecule has 1 heterocycles. The molecular weight excluding hydrogens is 436 g/mol. The molecule has 0 saturated carbocycles. The van der Waals surface area contributed by atoms with Crippen LogP contribution in [0.5, 0.6) is 0 Å². The molecule has 6 nitrogen and oxygen atoms in total. The molecule has 0 saturated heterocycles. The Kier molecular flexibility index (Phi) is 7.98. The Balaban J connectivity index is 1.62. The Morgan fingerprint density at radius 3 is 2.61 bits per heavy atom. The number of carbonyl (C=O) groups is 3. The van der Waals surface area contributed by atoms with Gasteiger partial charge in [0.25, 0.3) is 11.8 Å². The normalized spacial score (nSPS) is 15.8. The number of benzene rings is 2. The Morgan fingerprint density at radius 2 is 1.90 bits per heavy atom. The fraction of sp³-hybridized carbons (Fsp3) is 0.348. The summed E-state index contributed by atoms with van der Waals surface area (Å²) in [6.45, 7) is 1.59. The highest BCUT2D eigenvalue weighted by molar-refractivity contribution is 7.98. The zero-order chi connectivity index (χ0) is 22.4. The third kappa shape index (κ3) is 5.80. The summed E-state index contributed by atoms with van der Waals surface area (Å²) in [5, 5.41) is 3.23. The molecule has 0 fully saturated rings. The first-order chi connectivity index (χ1) is 14.9. The first-order valence-corrected chi connectivity index (χ1v) is 11.8. The SMILES string of the molecule is CSCC[C@@H](NC(=O)c1ccc(Cl)cc1)C(=O)OCC(=O)N1c2ccccc2C[C@@H]1C. The summed E-state index contributed by atoms with van der Waals surface area (Å²) < 4.78 is 5.32. The number of para-hydroxylation sites is 1. The minimum atomic E-state index is -0.841. The van der Waals surface area contributed by atoms with Gasteiger partial charge >= 0.3 is 5.97 Å². The number of carbonyl (C=O) groups excluding carboxylic acids is 3. The second-order valence-corrected chi connectivity index (χ2v) is 8.79. The molecule has 3 rings (SSSR count). The maximum absolute atomic E-state index is 12.8. The summed E-state index contributed by atoms with van der Waals surface area (Å²) in [6, 6.07) is 13.3. The van der Waals surface area contributed by atoms with Crippen LogP contribution >= 0.6 is 23.4 Å². The Labute approximate surface area is 191 Å². The van der Waals surface area contributed by atoms with Crippen LogP contribution in [0, 0.1) is 0 Å². The van der Waals surface area contributed by atoms with Crippen LogP contribution in [-0.4, -0.2) is 48.5 Å². The molecule has 2 atom stereocenters. The lowest BCUT2D eigenvalue weighted by Crippen LogP contribution is -2.44. The van der Waals surface area contributed by atoms with E-state index in [1.807, 2.05) is 37.4 Å². The van der Waals surface area contributed by atoms with E-state index in [4.69, 9.17) is 16.3 Å². The van der Waals surface area contributed by atoms with Crippen molar-refractivity contribution in [3.8, 4) is 0 Å². The number of thioether (sulfide) groups is 1. The molecule has 0 bridgehead atoms. The van der Waals surface area contributed by atoms with E-state index < -0.39 is 17.9 Å². The zero-order valence-electron chi connectivity index (χ0n) is 17.5. The quantitative estimate of drug-likeness (QED) is 0.608. The number of rotatable bonds is 8. The molecule has 164 valence electrons. The number of hydrogen-bond donors (Lipinski definition) is 1. The van der Waals surface area contributed by atoms with E-state index >= 15 is 0 Å². The Hall–Kier alpha value is -2.51. The highest BCUT2D eigenvalue weighted by Gasteiger charge is 2.32. The molecule has 0 unspecified atom stereocenters. The van der Waals surface area contributed by atoms with E-state index in [1.54, 1.807) is 40.9 Å². The number of halogens is 1. The molecular formula is C23H25ClN2O4S. The van der Waals surface area contributed by atoms with Gasteiger partial charge in [-0.3, -0.25) is 9.59 Å². The third-order valence-corrected chi connectivity index (χ3v) is 6.02. The lowest BCUT2D eigenvalue weighted by Gasteiger charge is -2.23. The molecule has 0 aliphatic carbocycles. The smallest absolute Gasteiger partial charge is 0.329 e. The van der Waals surface area contributed by atoms with Crippen molar-refractivity contribution in [3.63, 3.8) is 0 Å². The molecule has 2 aromatic rings. The van der Waals surface area contributed by atoms with Crippen LogP contribution < -0.4 is 10.2 Å². The average Bonchev–Trinajstić information content (AvgIpc) is 3.10. The number of anilines is 1. The maximum Gasteiger partial charge on any atom is 0.329 e. The second-order valence-electron chi connectivity index (χ2n) is 7.37. The van der Waals surface area contributed by atoms with Gasteiger partial charge in [-0.25, -0.2) is 4.79 Å². The van der Waals surface area contributed by atoms with Crippen molar-refractivity contribution >= 4 is 46.8 Å². The van der Waals surface area contributed by atoms with Gasteiger partial charge in [-0.2, -0.15) is 11.8 Å². The Morgan fingerprint density at radius 1 is 1.19 bits per heavy atom. The first kappa shape index (κ1) is 23.2. The van der Waals surface area contributed by atoms with E-state index in [2.05, 4.69) is 5.32 Å². The molecule has 1 aliphatic heterocycles. The molecule has 1 aliphatic rings. The fourth-order valence-corrected chi connectivity index (χ4v) is 4.17. The van der Waals surface area contributed by atoms with Crippen LogP contribution in [0.2, 0.25) is 5.02 Å². The van der Waals surface area contributed by atoms with Crippen molar-refractivity contribution in [1.82, 2.24) is 5.32 Å². The van der Waals surface area contributed by atoms with Gasteiger partial charge in [0.15, 0.2) is 6.61 Å². The number of fused-ring (bicyclic) bond motifs is 1. The lowest BCUT2D eigenvalue weighted by molar-refractivity contribution is -0.149. The highest BCUT2D eigenvalue weighted by atomic mass is 35.5. The predicted molar refractivity (Wildman–Crippen MR) is 124 cm³/mol. The monoisotopic (exact) mass is 460 g/mol. The lowest BCUT2D eigenvalue weighted by atomic mass is 10.1. The minimum Gasteiger partial charge on any atom is -0.454 e. The minimum absolute atomic E-state index is 0.000461.